The fourth-order valence-corrected chi connectivity index (χ4v) is 5.24. The SMILES string of the molecule is C[C@@H]1CCC[C@H](n2cnc(-c3cc(Cl)ccc3-n3cnnn3)cc2=O)c2cc(ccn2)-c2cc(F)ccc2NC1=O. The van der Waals surface area contributed by atoms with Crippen LogP contribution in [-0.2, 0) is 4.79 Å². The smallest absolute Gasteiger partial charge is 0.254 e. The molecule has 1 aliphatic rings. The van der Waals surface area contributed by atoms with Gasteiger partial charge in [0, 0.05) is 40.0 Å². The van der Waals surface area contributed by atoms with Crippen LogP contribution >= 0.6 is 11.6 Å². The molecule has 0 radical (unpaired) electrons. The number of fused-ring (bicyclic) bond motifs is 4. The first kappa shape index (κ1) is 26.5. The van der Waals surface area contributed by atoms with Gasteiger partial charge < -0.3 is 5.32 Å². The summed E-state index contributed by atoms with van der Waals surface area (Å²) in [5.41, 5.74) is 3.67. The molecule has 0 saturated carbocycles. The van der Waals surface area contributed by atoms with Crippen molar-refractivity contribution in [2.24, 2.45) is 5.92 Å². The van der Waals surface area contributed by atoms with Crippen LogP contribution in [0.1, 0.15) is 37.9 Å². The third kappa shape index (κ3) is 5.36. The van der Waals surface area contributed by atoms with Gasteiger partial charge in [0.1, 0.15) is 12.1 Å². The van der Waals surface area contributed by atoms with E-state index in [1.165, 1.54) is 35.5 Å². The molecule has 2 atom stereocenters. The lowest BCUT2D eigenvalue weighted by molar-refractivity contribution is -0.119. The van der Waals surface area contributed by atoms with Crippen molar-refractivity contribution < 1.29 is 9.18 Å². The van der Waals surface area contributed by atoms with Crippen molar-refractivity contribution in [1.82, 2.24) is 34.7 Å². The fourth-order valence-electron chi connectivity index (χ4n) is 5.07. The molecule has 0 unspecified atom stereocenters. The molecular formula is C29H24ClFN8O2. The molecule has 6 rings (SSSR count). The van der Waals surface area contributed by atoms with Crippen LogP contribution in [0.4, 0.5) is 10.1 Å². The summed E-state index contributed by atoms with van der Waals surface area (Å²) in [4.78, 5) is 35.8. The third-order valence-electron chi connectivity index (χ3n) is 7.24. The average molecular weight is 571 g/mol. The number of halogens is 2. The number of rotatable bonds is 3. The second-order valence-corrected chi connectivity index (χ2v) is 10.4. The van der Waals surface area contributed by atoms with Gasteiger partial charge in [-0.05, 0) is 77.4 Å². The summed E-state index contributed by atoms with van der Waals surface area (Å²) in [7, 11) is 0. The molecular weight excluding hydrogens is 547 g/mol. The first-order chi connectivity index (χ1) is 19.9. The first-order valence-electron chi connectivity index (χ1n) is 13.1. The largest absolute Gasteiger partial charge is 0.325 e. The highest BCUT2D eigenvalue weighted by Crippen LogP contribution is 2.34. The van der Waals surface area contributed by atoms with Crippen LogP contribution in [0.5, 0.6) is 0 Å². The molecule has 0 aliphatic carbocycles. The lowest BCUT2D eigenvalue weighted by Gasteiger charge is -2.23. The number of pyridine rings is 1. The highest BCUT2D eigenvalue weighted by atomic mass is 35.5. The number of anilines is 1. The van der Waals surface area contributed by atoms with E-state index in [0.717, 1.165) is 0 Å². The number of aromatic nitrogens is 7. The number of hydrogen-bond acceptors (Lipinski definition) is 7. The van der Waals surface area contributed by atoms with Crippen molar-refractivity contribution >= 4 is 23.2 Å². The zero-order chi connectivity index (χ0) is 28.5. The maximum absolute atomic E-state index is 14.3. The number of hydrogen-bond donors (Lipinski definition) is 1. The van der Waals surface area contributed by atoms with Crippen molar-refractivity contribution in [2.45, 2.75) is 32.2 Å². The number of tetrazole rings is 1. The standard InChI is InChI=1S/C29H24ClFN8O2/c1-17-3-2-4-27(25-11-18(9-10-32-25)21-13-20(31)6-7-23(21)35-29(17)41)38-15-33-24(14-28(38)40)22-12-19(30)5-8-26(22)39-16-34-36-37-39/h5-17,27H,2-4H2,1H3,(H,35,41)/t17-,27+/m1/s1. The molecule has 2 bridgehead atoms. The minimum atomic E-state index is -0.464. The molecule has 206 valence electrons. The topological polar surface area (TPSA) is 120 Å². The summed E-state index contributed by atoms with van der Waals surface area (Å²) in [5.74, 6) is -0.859. The summed E-state index contributed by atoms with van der Waals surface area (Å²) in [6.07, 6.45) is 6.36. The van der Waals surface area contributed by atoms with Gasteiger partial charge in [-0.2, -0.15) is 4.68 Å². The second-order valence-electron chi connectivity index (χ2n) is 9.93. The molecule has 1 N–H and O–H groups in total. The van der Waals surface area contributed by atoms with Gasteiger partial charge in [0.25, 0.3) is 5.56 Å². The molecule has 1 aliphatic heterocycles. The van der Waals surface area contributed by atoms with Crippen LogP contribution in [0, 0.1) is 11.7 Å². The summed E-state index contributed by atoms with van der Waals surface area (Å²) < 4.78 is 17.3. The van der Waals surface area contributed by atoms with Crippen LogP contribution < -0.4 is 10.9 Å². The molecule has 3 aromatic heterocycles. The Hall–Kier alpha value is -4.77. The van der Waals surface area contributed by atoms with E-state index in [1.54, 1.807) is 41.1 Å². The van der Waals surface area contributed by atoms with Gasteiger partial charge in [-0.25, -0.2) is 9.37 Å². The van der Waals surface area contributed by atoms with Gasteiger partial charge in [-0.15, -0.1) is 5.10 Å². The second kappa shape index (κ2) is 11.0. The van der Waals surface area contributed by atoms with E-state index in [2.05, 4.69) is 30.8 Å². The average Bonchev–Trinajstić information content (AvgIpc) is 3.51. The highest BCUT2D eigenvalue weighted by Gasteiger charge is 2.23. The summed E-state index contributed by atoms with van der Waals surface area (Å²) in [5, 5.41) is 14.8. The van der Waals surface area contributed by atoms with Crippen molar-refractivity contribution in [3.63, 3.8) is 0 Å². The van der Waals surface area contributed by atoms with Crippen molar-refractivity contribution in [1.29, 1.82) is 0 Å². The summed E-state index contributed by atoms with van der Waals surface area (Å²) in [6.45, 7) is 1.85. The van der Waals surface area contributed by atoms with E-state index in [0.29, 0.717) is 63.7 Å². The Morgan fingerprint density at radius 1 is 0.976 bits per heavy atom. The predicted molar refractivity (Wildman–Crippen MR) is 151 cm³/mol. The van der Waals surface area contributed by atoms with Crippen LogP contribution in [0.25, 0.3) is 28.1 Å². The van der Waals surface area contributed by atoms with E-state index < -0.39 is 11.9 Å². The zero-order valence-electron chi connectivity index (χ0n) is 21.9. The maximum Gasteiger partial charge on any atom is 0.254 e. The minimum absolute atomic E-state index is 0.146. The van der Waals surface area contributed by atoms with Gasteiger partial charge in [0.2, 0.25) is 5.91 Å². The van der Waals surface area contributed by atoms with Crippen molar-refractivity contribution in [2.75, 3.05) is 5.32 Å². The predicted octanol–water partition coefficient (Wildman–Crippen LogP) is 5.09. The zero-order valence-corrected chi connectivity index (χ0v) is 22.7. The molecule has 0 saturated heterocycles. The first-order valence-corrected chi connectivity index (χ1v) is 13.4. The number of benzene rings is 2. The van der Waals surface area contributed by atoms with E-state index in [1.807, 2.05) is 13.0 Å². The molecule has 4 heterocycles. The van der Waals surface area contributed by atoms with E-state index in [9.17, 15) is 14.0 Å². The number of carbonyl (C=O) groups excluding carboxylic acids is 1. The Bertz CT molecular complexity index is 1810. The van der Waals surface area contributed by atoms with Gasteiger partial charge in [-0.1, -0.05) is 24.9 Å². The molecule has 12 heteroatoms. The molecule has 0 fully saturated rings. The third-order valence-corrected chi connectivity index (χ3v) is 7.47. The summed E-state index contributed by atoms with van der Waals surface area (Å²) in [6, 6.07) is 14.0. The molecule has 0 spiro atoms. The van der Waals surface area contributed by atoms with E-state index in [4.69, 9.17) is 11.6 Å². The monoisotopic (exact) mass is 570 g/mol. The highest BCUT2D eigenvalue weighted by molar-refractivity contribution is 6.31. The van der Waals surface area contributed by atoms with Crippen LogP contribution in [0.15, 0.2) is 78.2 Å². The molecule has 10 nitrogen and oxygen atoms in total. The maximum atomic E-state index is 14.3. The number of nitrogens with zero attached hydrogens (tertiary/aromatic N) is 7. The number of amides is 1. The number of nitrogens with one attached hydrogen (secondary N) is 1. The van der Waals surface area contributed by atoms with Gasteiger partial charge in [0.05, 0.1) is 29.4 Å². The van der Waals surface area contributed by atoms with Crippen LogP contribution in [0.2, 0.25) is 5.02 Å². The lowest BCUT2D eigenvalue weighted by atomic mass is 9.95. The van der Waals surface area contributed by atoms with Crippen molar-refractivity contribution in [3.05, 3.63) is 100 Å². The lowest BCUT2D eigenvalue weighted by Crippen LogP contribution is -2.27. The van der Waals surface area contributed by atoms with Crippen LogP contribution in [0.3, 0.4) is 0 Å². The molecule has 1 amide bonds. The van der Waals surface area contributed by atoms with Crippen LogP contribution in [-0.4, -0.2) is 40.6 Å². The van der Waals surface area contributed by atoms with Gasteiger partial charge in [-0.3, -0.25) is 19.1 Å². The Kier molecular flexibility index (Phi) is 7.10. The van der Waals surface area contributed by atoms with E-state index in [-0.39, 0.29) is 17.4 Å². The Labute approximate surface area is 238 Å². The van der Waals surface area contributed by atoms with Crippen molar-refractivity contribution in [3.8, 4) is 28.1 Å². The fraction of sp³-hybridized carbons (Fsp3) is 0.207. The molecule has 2 aromatic carbocycles. The van der Waals surface area contributed by atoms with Gasteiger partial charge in [0.15, 0.2) is 0 Å². The minimum Gasteiger partial charge on any atom is -0.325 e. The Morgan fingerprint density at radius 3 is 2.66 bits per heavy atom. The Balaban J connectivity index is 1.44. The normalized spacial score (nSPS) is 17.2. The molecule has 5 aromatic rings. The quantitative estimate of drug-likeness (QED) is 0.321. The number of carbonyl (C=O) groups is 1. The van der Waals surface area contributed by atoms with Gasteiger partial charge >= 0.3 is 0 Å². The summed E-state index contributed by atoms with van der Waals surface area (Å²) >= 11 is 6.28. The van der Waals surface area contributed by atoms with E-state index >= 15 is 0 Å². The molecule has 41 heavy (non-hydrogen) atoms. The Morgan fingerprint density at radius 2 is 1.85 bits per heavy atom.